The molecule has 0 unspecified atom stereocenters. The van der Waals surface area contributed by atoms with E-state index in [-0.39, 0.29) is 30.9 Å². The van der Waals surface area contributed by atoms with Gasteiger partial charge in [-0.2, -0.15) is 0 Å². The molecular weight excluding hydrogens is 314 g/mol. The summed E-state index contributed by atoms with van der Waals surface area (Å²) in [6.45, 7) is 1.64. The number of hydrogen-bond donors (Lipinski definition) is 0. The minimum absolute atomic E-state index is 0.104. The fourth-order valence-electron chi connectivity index (χ4n) is 2.53. The highest BCUT2D eigenvalue weighted by molar-refractivity contribution is 7.05. The number of nitrogens with zero attached hydrogens (tertiary/aromatic N) is 3. The number of benzene rings is 1. The first-order chi connectivity index (χ1) is 11.1. The van der Waals surface area contributed by atoms with E-state index >= 15 is 0 Å². The Labute approximate surface area is 137 Å². The number of amides is 1. The van der Waals surface area contributed by atoms with Crippen LogP contribution < -0.4 is 0 Å². The van der Waals surface area contributed by atoms with Crippen molar-refractivity contribution in [3.63, 3.8) is 0 Å². The van der Waals surface area contributed by atoms with Crippen LogP contribution in [0.25, 0.3) is 6.08 Å². The number of hydrogen-bond acceptors (Lipinski definition) is 6. The molecule has 0 bridgehead atoms. The van der Waals surface area contributed by atoms with Crippen molar-refractivity contribution in [2.45, 2.75) is 26.0 Å². The number of carbonyl (C=O) groups excluding carboxylic acids is 2. The molecule has 0 fully saturated rings. The fourth-order valence-corrected chi connectivity index (χ4v) is 2.94. The lowest BCUT2D eigenvalue weighted by Gasteiger charge is -2.32. The summed E-state index contributed by atoms with van der Waals surface area (Å²) in [5.41, 5.74) is 1.95. The van der Waals surface area contributed by atoms with Gasteiger partial charge in [-0.3, -0.25) is 9.59 Å². The molecule has 2 heterocycles. The van der Waals surface area contributed by atoms with Crippen molar-refractivity contribution in [2.75, 3.05) is 0 Å². The van der Waals surface area contributed by atoms with Crippen LogP contribution in [-0.2, 0) is 20.9 Å². The van der Waals surface area contributed by atoms with E-state index in [1.807, 2.05) is 30.3 Å². The number of aromatic nitrogens is 2. The van der Waals surface area contributed by atoms with E-state index in [4.69, 9.17) is 4.74 Å². The zero-order valence-corrected chi connectivity index (χ0v) is 13.3. The van der Waals surface area contributed by atoms with Crippen LogP contribution in [0.2, 0.25) is 0 Å². The van der Waals surface area contributed by atoms with Crippen LogP contribution in [0, 0.1) is 0 Å². The van der Waals surface area contributed by atoms with Gasteiger partial charge in [0.05, 0.1) is 23.5 Å². The van der Waals surface area contributed by atoms with Crippen molar-refractivity contribution in [2.24, 2.45) is 0 Å². The number of esters is 1. The average Bonchev–Trinajstić information content (AvgIpc) is 3.06. The Morgan fingerprint density at radius 3 is 2.91 bits per heavy atom. The molecule has 0 saturated carbocycles. The van der Waals surface area contributed by atoms with Crippen LogP contribution in [0.1, 0.15) is 35.4 Å². The quantitative estimate of drug-likeness (QED) is 0.806. The Balaban J connectivity index is 1.74. The highest BCUT2D eigenvalue weighted by atomic mass is 32.1. The molecule has 0 aliphatic carbocycles. The van der Waals surface area contributed by atoms with Gasteiger partial charge in [0, 0.05) is 13.1 Å². The molecule has 23 heavy (non-hydrogen) atoms. The van der Waals surface area contributed by atoms with Crippen LogP contribution in [0.4, 0.5) is 0 Å². The van der Waals surface area contributed by atoms with Crippen molar-refractivity contribution in [3.8, 4) is 0 Å². The molecule has 118 valence electrons. The molecule has 1 amide bonds. The molecule has 1 aliphatic heterocycles. The standard InChI is InChI=1S/C16H15N3O3S/c1-11(20)19-7-6-12-4-2-3-5-14(12)15(19)8-16(21)22-10-13-9-17-18-23-13/h2-7,9,15H,8,10H2,1H3/t15-/m0/s1. The summed E-state index contributed by atoms with van der Waals surface area (Å²) in [5, 5.41) is 3.70. The van der Waals surface area contributed by atoms with Crippen LogP contribution in [0.15, 0.2) is 36.7 Å². The number of carbonyl (C=O) groups is 2. The molecule has 3 rings (SSSR count). The Bertz CT molecular complexity index is 743. The number of ether oxygens (including phenoxy) is 1. The molecule has 1 aliphatic rings. The molecule has 0 spiro atoms. The van der Waals surface area contributed by atoms with Crippen molar-refractivity contribution in [3.05, 3.63) is 52.7 Å². The molecule has 0 radical (unpaired) electrons. The zero-order chi connectivity index (χ0) is 16.2. The van der Waals surface area contributed by atoms with Crippen molar-refractivity contribution >= 4 is 29.5 Å². The van der Waals surface area contributed by atoms with Crippen LogP contribution in [0.3, 0.4) is 0 Å². The van der Waals surface area contributed by atoms with Crippen LogP contribution >= 0.6 is 11.5 Å². The highest BCUT2D eigenvalue weighted by Crippen LogP contribution is 2.33. The lowest BCUT2D eigenvalue weighted by molar-refractivity contribution is -0.146. The Morgan fingerprint density at radius 2 is 2.17 bits per heavy atom. The van der Waals surface area contributed by atoms with Crippen LogP contribution in [-0.4, -0.2) is 26.4 Å². The van der Waals surface area contributed by atoms with Gasteiger partial charge in [0.1, 0.15) is 6.61 Å². The topological polar surface area (TPSA) is 72.4 Å². The maximum Gasteiger partial charge on any atom is 0.308 e. The van der Waals surface area contributed by atoms with E-state index in [1.165, 1.54) is 18.5 Å². The first-order valence-electron chi connectivity index (χ1n) is 7.13. The zero-order valence-electron chi connectivity index (χ0n) is 12.5. The summed E-state index contributed by atoms with van der Waals surface area (Å²) in [4.78, 5) is 26.4. The van der Waals surface area contributed by atoms with Gasteiger partial charge < -0.3 is 9.64 Å². The van der Waals surface area contributed by atoms with Crippen molar-refractivity contribution < 1.29 is 14.3 Å². The molecule has 6 nitrogen and oxygen atoms in total. The van der Waals surface area contributed by atoms with E-state index in [1.54, 1.807) is 17.3 Å². The van der Waals surface area contributed by atoms with E-state index in [0.29, 0.717) is 0 Å². The summed E-state index contributed by atoms with van der Waals surface area (Å²) in [6, 6.07) is 7.38. The van der Waals surface area contributed by atoms with E-state index in [9.17, 15) is 9.59 Å². The van der Waals surface area contributed by atoms with Gasteiger partial charge in [0.25, 0.3) is 0 Å². The first kappa shape index (κ1) is 15.4. The van der Waals surface area contributed by atoms with Gasteiger partial charge in [0.15, 0.2) is 0 Å². The second-order valence-corrected chi connectivity index (χ2v) is 6.01. The van der Waals surface area contributed by atoms with Crippen LogP contribution in [0.5, 0.6) is 0 Å². The second kappa shape index (κ2) is 6.70. The Morgan fingerprint density at radius 1 is 1.35 bits per heavy atom. The van der Waals surface area contributed by atoms with Gasteiger partial charge in [0.2, 0.25) is 5.91 Å². The third kappa shape index (κ3) is 3.45. The van der Waals surface area contributed by atoms with E-state index in [0.717, 1.165) is 16.0 Å². The number of fused-ring (bicyclic) bond motifs is 1. The van der Waals surface area contributed by atoms with Crippen molar-refractivity contribution in [1.29, 1.82) is 0 Å². The molecule has 0 N–H and O–H groups in total. The molecule has 1 aromatic heterocycles. The minimum Gasteiger partial charge on any atom is -0.460 e. The highest BCUT2D eigenvalue weighted by Gasteiger charge is 2.28. The Kier molecular flexibility index (Phi) is 4.47. The molecule has 2 aromatic rings. The smallest absolute Gasteiger partial charge is 0.308 e. The third-order valence-electron chi connectivity index (χ3n) is 3.61. The summed E-state index contributed by atoms with van der Waals surface area (Å²) >= 11 is 1.19. The maximum absolute atomic E-state index is 12.2. The monoisotopic (exact) mass is 329 g/mol. The third-order valence-corrected chi connectivity index (χ3v) is 4.25. The normalized spacial score (nSPS) is 16.0. The predicted molar refractivity (Wildman–Crippen MR) is 85.1 cm³/mol. The first-order valence-corrected chi connectivity index (χ1v) is 7.90. The van der Waals surface area contributed by atoms with Gasteiger partial charge in [-0.25, -0.2) is 0 Å². The maximum atomic E-state index is 12.2. The summed E-state index contributed by atoms with van der Waals surface area (Å²) < 4.78 is 8.98. The van der Waals surface area contributed by atoms with E-state index in [2.05, 4.69) is 9.59 Å². The van der Waals surface area contributed by atoms with E-state index < -0.39 is 0 Å². The largest absolute Gasteiger partial charge is 0.460 e. The average molecular weight is 329 g/mol. The van der Waals surface area contributed by atoms with Crippen molar-refractivity contribution in [1.82, 2.24) is 14.5 Å². The SMILES string of the molecule is CC(=O)N1C=Cc2ccccc2[C@@H]1CC(=O)OCc1cnns1. The van der Waals surface area contributed by atoms with Gasteiger partial charge in [-0.1, -0.05) is 28.8 Å². The lowest BCUT2D eigenvalue weighted by atomic mass is 9.94. The second-order valence-electron chi connectivity index (χ2n) is 5.14. The number of rotatable bonds is 4. The summed E-state index contributed by atoms with van der Waals surface area (Å²) in [6.07, 6.45) is 5.27. The molecule has 7 heteroatoms. The summed E-state index contributed by atoms with van der Waals surface area (Å²) in [7, 11) is 0. The molecule has 0 saturated heterocycles. The fraction of sp³-hybridized carbons (Fsp3) is 0.250. The van der Waals surface area contributed by atoms with Gasteiger partial charge in [-0.05, 0) is 28.7 Å². The summed E-state index contributed by atoms with van der Waals surface area (Å²) in [5.74, 6) is -0.472. The van der Waals surface area contributed by atoms with Gasteiger partial charge >= 0.3 is 5.97 Å². The van der Waals surface area contributed by atoms with Gasteiger partial charge in [-0.15, -0.1) is 5.10 Å². The lowest BCUT2D eigenvalue weighted by Crippen LogP contribution is -2.32. The molecular formula is C16H15N3O3S. The molecule has 1 aromatic carbocycles. The predicted octanol–water partition coefficient (Wildman–Crippen LogP) is 2.55. The Hall–Kier alpha value is -2.54. The molecule has 1 atom stereocenters. The minimum atomic E-state index is -0.361.